The van der Waals surface area contributed by atoms with Crippen LogP contribution in [0.1, 0.15) is 25.7 Å². The van der Waals surface area contributed by atoms with Crippen LogP contribution in [-0.2, 0) is 4.79 Å². The minimum atomic E-state index is -0.725. The molecule has 0 amide bonds. The van der Waals surface area contributed by atoms with Crippen LogP contribution in [0.15, 0.2) is 0 Å². The summed E-state index contributed by atoms with van der Waals surface area (Å²) in [6.45, 7) is 0. The van der Waals surface area contributed by atoms with E-state index in [1.54, 1.807) is 0 Å². The fourth-order valence-electron chi connectivity index (χ4n) is 4.13. The maximum absolute atomic E-state index is 11.2. The first kappa shape index (κ1) is 7.37. The SMILES string of the molecule is N#CC12CC3CC1(C(=O)O)CC3C2. The number of hydrogen-bond acceptors (Lipinski definition) is 2. The fourth-order valence-corrected chi connectivity index (χ4v) is 4.13. The summed E-state index contributed by atoms with van der Waals surface area (Å²) < 4.78 is 0. The van der Waals surface area contributed by atoms with Gasteiger partial charge in [-0.3, -0.25) is 4.79 Å². The normalized spacial score (nSPS) is 55.6. The summed E-state index contributed by atoms with van der Waals surface area (Å²) in [6.07, 6.45) is 3.22. The van der Waals surface area contributed by atoms with Crippen molar-refractivity contribution in [1.82, 2.24) is 0 Å². The number of aliphatic carboxylic acids is 1. The monoisotopic (exact) mass is 177 g/mol. The summed E-state index contributed by atoms with van der Waals surface area (Å²) in [5.74, 6) is 0.350. The highest BCUT2D eigenvalue weighted by atomic mass is 16.4. The lowest BCUT2D eigenvalue weighted by molar-refractivity contribution is -0.151. The fraction of sp³-hybridized carbons (Fsp3) is 0.800. The van der Waals surface area contributed by atoms with E-state index in [-0.39, 0.29) is 0 Å². The van der Waals surface area contributed by atoms with E-state index in [4.69, 9.17) is 5.26 Å². The number of carbonyl (C=O) groups is 1. The Morgan fingerprint density at radius 3 is 2.15 bits per heavy atom. The number of hydrogen-bond donors (Lipinski definition) is 1. The van der Waals surface area contributed by atoms with Crippen molar-refractivity contribution in [1.29, 1.82) is 5.26 Å². The first-order valence-corrected chi connectivity index (χ1v) is 4.78. The summed E-state index contributed by atoms with van der Waals surface area (Å²) in [7, 11) is 0. The second-order valence-corrected chi connectivity index (χ2v) is 4.92. The van der Waals surface area contributed by atoms with Gasteiger partial charge in [-0.15, -0.1) is 0 Å². The maximum atomic E-state index is 11.2. The molecular formula is C10H11NO2. The van der Waals surface area contributed by atoms with Crippen molar-refractivity contribution >= 4 is 5.97 Å². The van der Waals surface area contributed by atoms with Crippen LogP contribution in [-0.4, -0.2) is 11.1 Å². The van der Waals surface area contributed by atoms with E-state index in [1.807, 2.05) is 0 Å². The molecule has 13 heavy (non-hydrogen) atoms. The smallest absolute Gasteiger partial charge is 0.311 e. The van der Waals surface area contributed by atoms with Gasteiger partial charge in [0, 0.05) is 0 Å². The molecule has 0 aliphatic heterocycles. The molecule has 0 saturated heterocycles. The zero-order valence-corrected chi connectivity index (χ0v) is 7.29. The number of nitriles is 1. The molecule has 0 aromatic rings. The molecule has 4 fully saturated rings. The maximum Gasteiger partial charge on any atom is 0.311 e. The molecule has 4 rings (SSSR count). The van der Waals surface area contributed by atoms with Gasteiger partial charge in [-0.1, -0.05) is 0 Å². The Labute approximate surface area is 76.4 Å². The Bertz CT molecular complexity index is 327. The number of nitrogens with zero attached hydrogens (tertiary/aromatic N) is 1. The van der Waals surface area contributed by atoms with Crippen LogP contribution < -0.4 is 0 Å². The van der Waals surface area contributed by atoms with Crippen molar-refractivity contribution in [3.63, 3.8) is 0 Å². The molecule has 1 N–H and O–H groups in total. The molecule has 2 atom stereocenters. The van der Waals surface area contributed by atoms with E-state index in [9.17, 15) is 9.90 Å². The molecule has 0 radical (unpaired) electrons. The summed E-state index contributed by atoms with van der Waals surface area (Å²) in [5, 5.41) is 18.4. The van der Waals surface area contributed by atoms with Crippen LogP contribution in [0.4, 0.5) is 0 Å². The van der Waals surface area contributed by atoms with Crippen LogP contribution in [0.25, 0.3) is 0 Å². The van der Waals surface area contributed by atoms with Gasteiger partial charge in [-0.2, -0.15) is 5.26 Å². The van der Waals surface area contributed by atoms with E-state index in [2.05, 4.69) is 6.07 Å². The lowest BCUT2D eigenvalue weighted by Gasteiger charge is -2.30. The third-order valence-corrected chi connectivity index (χ3v) is 4.65. The summed E-state index contributed by atoms with van der Waals surface area (Å²) in [6, 6.07) is 2.30. The van der Waals surface area contributed by atoms with E-state index in [0.29, 0.717) is 11.8 Å². The molecule has 2 unspecified atom stereocenters. The molecule has 68 valence electrons. The van der Waals surface area contributed by atoms with Crippen molar-refractivity contribution in [3.05, 3.63) is 0 Å². The first-order chi connectivity index (χ1) is 6.13. The standard InChI is InChI=1S/C10H11NO2/c11-5-9-1-6-3-10(9,8(12)13)4-7(6)2-9/h6-7H,1-4H2,(H,12,13). The lowest BCUT2D eigenvalue weighted by atomic mass is 9.69. The Hall–Kier alpha value is -1.04. The van der Waals surface area contributed by atoms with E-state index in [0.717, 1.165) is 25.7 Å². The molecule has 0 aromatic carbocycles. The Kier molecular flexibility index (Phi) is 0.990. The van der Waals surface area contributed by atoms with E-state index >= 15 is 0 Å². The lowest BCUT2D eigenvalue weighted by Crippen LogP contribution is -2.38. The largest absolute Gasteiger partial charge is 0.481 e. The first-order valence-electron chi connectivity index (χ1n) is 4.78. The molecule has 0 spiro atoms. The summed E-state index contributed by atoms with van der Waals surface area (Å²) >= 11 is 0. The van der Waals surface area contributed by atoms with Crippen molar-refractivity contribution in [2.75, 3.05) is 0 Å². The summed E-state index contributed by atoms with van der Waals surface area (Å²) in [4.78, 5) is 11.2. The zero-order valence-electron chi connectivity index (χ0n) is 7.29. The number of carboxylic acids is 1. The topological polar surface area (TPSA) is 61.1 Å². The second-order valence-electron chi connectivity index (χ2n) is 4.92. The average Bonchev–Trinajstić information content (AvgIpc) is 2.71. The predicted molar refractivity (Wildman–Crippen MR) is 43.6 cm³/mol. The molecule has 4 bridgehead atoms. The van der Waals surface area contributed by atoms with Gasteiger partial charge in [0.15, 0.2) is 0 Å². The van der Waals surface area contributed by atoms with Gasteiger partial charge < -0.3 is 5.11 Å². The van der Waals surface area contributed by atoms with Crippen LogP contribution >= 0.6 is 0 Å². The van der Waals surface area contributed by atoms with E-state index < -0.39 is 16.8 Å². The van der Waals surface area contributed by atoms with Crippen LogP contribution in [0.5, 0.6) is 0 Å². The molecule has 0 heterocycles. The Morgan fingerprint density at radius 2 is 1.85 bits per heavy atom. The molecule has 4 aliphatic rings. The van der Waals surface area contributed by atoms with E-state index in [1.165, 1.54) is 0 Å². The predicted octanol–water partition coefficient (Wildman–Crippen LogP) is 1.40. The minimum absolute atomic E-state index is 0.492. The van der Waals surface area contributed by atoms with Crippen molar-refractivity contribution in [2.45, 2.75) is 25.7 Å². The third kappa shape index (κ3) is 0.524. The molecule has 0 aromatic heterocycles. The molecular weight excluding hydrogens is 166 g/mol. The number of rotatable bonds is 1. The highest BCUT2D eigenvalue weighted by Gasteiger charge is 2.75. The highest BCUT2D eigenvalue weighted by molar-refractivity contribution is 5.79. The zero-order chi connectivity index (χ0) is 9.27. The minimum Gasteiger partial charge on any atom is -0.481 e. The molecule has 3 heteroatoms. The van der Waals surface area contributed by atoms with Crippen LogP contribution in [0.3, 0.4) is 0 Å². The van der Waals surface area contributed by atoms with Gasteiger partial charge in [0.05, 0.1) is 16.9 Å². The van der Waals surface area contributed by atoms with Gasteiger partial charge in [0.25, 0.3) is 0 Å². The van der Waals surface area contributed by atoms with Crippen LogP contribution in [0.2, 0.25) is 0 Å². The molecule has 4 saturated carbocycles. The van der Waals surface area contributed by atoms with Crippen LogP contribution in [0, 0.1) is 34.0 Å². The second kappa shape index (κ2) is 1.75. The third-order valence-electron chi connectivity index (χ3n) is 4.65. The van der Waals surface area contributed by atoms with Gasteiger partial charge in [0.1, 0.15) is 0 Å². The average molecular weight is 177 g/mol. The van der Waals surface area contributed by atoms with Crippen molar-refractivity contribution in [2.24, 2.45) is 22.7 Å². The quantitative estimate of drug-likeness (QED) is 0.658. The number of carboxylic acid groups (broad SMARTS) is 1. The molecule has 4 aliphatic carbocycles. The van der Waals surface area contributed by atoms with Gasteiger partial charge >= 0.3 is 5.97 Å². The van der Waals surface area contributed by atoms with Gasteiger partial charge in [0.2, 0.25) is 0 Å². The highest BCUT2D eigenvalue weighted by Crippen LogP contribution is 2.76. The van der Waals surface area contributed by atoms with Gasteiger partial charge in [-0.25, -0.2) is 0 Å². The Balaban J connectivity index is 2.18. The van der Waals surface area contributed by atoms with Crippen molar-refractivity contribution < 1.29 is 9.90 Å². The Morgan fingerprint density at radius 1 is 1.31 bits per heavy atom. The van der Waals surface area contributed by atoms with Gasteiger partial charge in [-0.05, 0) is 37.5 Å². The summed E-state index contributed by atoms with van der Waals surface area (Å²) in [5.41, 5.74) is -1.15. The molecule has 3 nitrogen and oxygen atoms in total. The van der Waals surface area contributed by atoms with Crippen molar-refractivity contribution in [3.8, 4) is 6.07 Å².